The van der Waals surface area contributed by atoms with Gasteiger partial charge in [-0.2, -0.15) is 0 Å². The van der Waals surface area contributed by atoms with E-state index in [-0.39, 0.29) is 0 Å². The smallest absolute Gasteiger partial charge is 0.140 e. The highest BCUT2D eigenvalue weighted by molar-refractivity contribution is 9.10. The van der Waals surface area contributed by atoms with E-state index in [2.05, 4.69) is 40.1 Å². The zero-order chi connectivity index (χ0) is 11.8. The van der Waals surface area contributed by atoms with Gasteiger partial charge in [-0.05, 0) is 46.2 Å². The zero-order valence-electron chi connectivity index (χ0n) is 9.76. The van der Waals surface area contributed by atoms with Crippen LogP contribution in [0.4, 0.5) is 11.5 Å². The van der Waals surface area contributed by atoms with Gasteiger partial charge in [0.2, 0.25) is 0 Å². The van der Waals surface area contributed by atoms with Crippen LogP contribution in [0.5, 0.6) is 0 Å². The molecule has 1 fully saturated rings. The van der Waals surface area contributed by atoms with E-state index in [0.29, 0.717) is 11.1 Å². The highest BCUT2D eigenvalue weighted by Gasteiger charge is 2.45. The number of halogens is 1. The Hall–Kier alpha value is -0.770. The number of nitrogens with zero attached hydrogens (tertiary/aromatic N) is 1. The highest BCUT2D eigenvalue weighted by atomic mass is 79.9. The summed E-state index contributed by atoms with van der Waals surface area (Å²) in [6.07, 6.45) is 4.33. The molecular weight excluding hydrogens is 266 g/mol. The van der Waals surface area contributed by atoms with Crippen molar-refractivity contribution in [3.63, 3.8) is 0 Å². The Morgan fingerprint density at radius 3 is 2.75 bits per heavy atom. The molecule has 1 aromatic heterocycles. The van der Waals surface area contributed by atoms with E-state index in [4.69, 9.17) is 5.73 Å². The first kappa shape index (κ1) is 11.7. The average Bonchev–Trinajstić information content (AvgIpc) is 2.97. The van der Waals surface area contributed by atoms with Gasteiger partial charge < -0.3 is 11.1 Å². The van der Waals surface area contributed by atoms with Crippen LogP contribution in [0.2, 0.25) is 0 Å². The van der Waals surface area contributed by atoms with Crippen molar-refractivity contribution < 1.29 is 0 Å². The van der Waals surface area contributed by atoms with Crippen LogP contribution in [0.25, 0.3) is 0 Å². The molecule has 0 radical (unpaired) electrons. The van der Waals surface area contributed by atoms with Crippen molar-refractivity contribution in [2.24, 2.45) is 11.3 Å². The fourth-order valence-electron chi connectivity index (χ4n) is 1.96. The van der Waals surface area contributed by atoms with Crippen LogP contribution >= 0.6 is 15.9 Å². The average molecular weight is 284 g/mol. The number of pyridine rings is 1. The molecule has 1 saturated carbocycles. The molecule has 2 rings (SSSR count). The molecule has 1 aromatic rings. The lowest BCUT2D eigenvalue weighted by atomic mass is 9.92. The molecule has 1 aliphatic rings. The summed E-state index contributed by atoms with van der Waals surface area (Å²) in [4.78, 5) is 4.29. The molecule has 0 amide bonds. The van der Waals surface area contributed by atoms with Gasteiger partial charge in [-0.1, -0.05) is 13.8 Å². The van der Waals surface area contributed by atoms with Crippen molar-refractivity contribution in [2.75, 3.05) is 17.6 Å². The van der Waals surface area contributed by atoms with E-state index >= 15 is 0 Å². The minimum absolute atomic E-state index is 0.489. The first-order valence-electron chi connectivity index (χ1n) is 5.68. The Morgan fingerprint density at radius 2 is 2.25 bits per heavy atom. The van der Waals surface area contributed by atoms with Gasteiger partial charge in [-0.3, -0.25) is 0 Å². The number of hydrogen-bond donors (Lipinski definition) is 2. The third-order valence-electron chi connectivity index (χ3n) is 3.59. The van der Waals surface area contributed by atoms with Crippen molar-refractivity contribution >= 4 is 27.4 Å². The third-order valence-corrected chi connectivity index (χ3v) is 4.19. The van der Waals surface area contributed by atoms with Gasteiger partial charge in [0.05, 0.1) is 16.4 Å². The number of nitrogens with one attached hydrogen (secondary N) is 1. The van der Waals surface area contributed by atoms with Gasteiger partial charge in [0, 0.05) is 6.54 Å². The van der Waals surface area contributed by atoms with Crippen LogP contribution in [-0.2, 0) is 0 Å². The minimum Gasteiger partial charge on any atom is -0.397 e. The normalized spacial score (nSPS) is 17.5. The lowest BCUT2D eigenvalue weighted by molar-refractivity contribution is 0.380. The predicted octanol–water partition coefficient (Wildman–Crippen LogP) is 3.27. The minimum atomic E-state index is 0.489. The lowest BCUT2D eigenvalue weighted by Crippen LogP contribution is -2.21. The van der Waals surface area contributed by atoms with E-state index in [1.807, 2.05) is 6.07 Å². The van der Waals surface area contributed by atoms with Crippen LogP contribution < -0.4 is 11.1 Å². The maximum atomic E-state index is 5.65. The van der Waals surface area contributed by atoms with E-state index in [1.165, 1.54) is 12.8 Å². The number of hydrogen-bond acceptors (Lipinski definition) is 3. The summed E-state index contributed by atoms with van der Waals surface area (Å²) in [6, 6.07) is 1.88. The molecule has 4 heteroatoms. The molecular formula is C12H18BrN3. The van der Waals surface area contributed by atoms with Crippen LogP contribution in [-0.4, -0.2) is 11.5 Å². The monoisotopic (exact) mass is 283 g/mol. The zero-order valence-corrected chi connectivity index (χ0v) is 11.3. The largest absolute Gasteiger partial charge is 0.397 e. The summed E-state index contributed by atoms with van der Waals surface area (Å²) in [6.45, 7) is 5.58. The number of rotatable bonds is 4. The summed E-state index contributed by atoms with van der Waals surface area (Å²) in [5.74, 6) is 1.62. The van der Waals surface area contributed by atoms with Gasteiger partial charge in [-0.15, -0.1) is 0 Å². The summed E-state index contributed by atoms with van der Waals surface area (Å²) < 4.78 is 0.937. The molecule has 0 atom stereocenters. The number of nitrogens with two attached hydrogens (primary N) is 1. The van der Waals surface area contributed by atoms with Crippen molar-refractivity contribution in [2.45, 2.75) is 26.7 Å². The molecule has 1 heterocycles. The van der Waals surface area contributed by atoms with Gasteiger partial charge in [0.25, 0.3) is 0 Å². The van der Waals surface area contributed by atoms with E-state index in [0.717, 1.165) is 22.8 Å². The maximum absolute atomic E-state index is 5.65. The fraction of sp³-hybridized carbons (Fsp3) is 0.583. The van der Waals surface area contributed by atoms with Gasteiger partial charge in [-0.25, -0.2) is 4.98 Å². The van der Waals surface area contributed by atoms with Gasteiger partial charge in [0.1, 0.15) is 5.82 Å². The standard InChI is InChI=1S/C12H18BrN3/c1-8(2)12(3-4-12)7-16-11-10(13)5-9(14)6-15-11/h5-6,8H,3-4,7,14H2,1-2H3,(H,15,16). The summed E-state index contributed by atoms with van der Waals surface area (Å²) in [5, 5.41) is 3.41. The van der Waals surface area contributed by atoms with E-state index in [1.54, 1.807) is 6.20 Å². The van der Waals surface area contributed by atoms with Crippen molar-refractivity contribution in [3.05, 3.63) is 16.7 Å². The maximum Gasteiger partial charge on any atom is 0.140 e. The second-order valence-corrected chi connectivity index (χ2v) is 5.82. The number of aromatic nitrogens is 1. The summed E-state index contributed by atoms with van der Waals surface area (Å²) in [5.41, 5.74) is 6.82. The Balaban J connectivity index is 2.00. The third kappa shape index (κ3) is 2.32. The molecule has 0 unspecified atom stereocenters. The van der Waals surface area contributed by atoms with Crippen molar-refractivity contribution in [1.82, 2.24) is 4.98 Å². The van der Waals surface area contributed by atoms with Crippen LogP contribution in [0.1, 0.15) is 26.7 Å². The lowest BCUT2D eigenvalue weighted by Gasteiger charge is -2.20. The van der Waals surface area contributed by atoms with E-state index in [9.17, 15) is 0 Å². The van der Waals surface area contributed by atoms with Gasteiger partial charge >= 0.3 is 0 Å². The van der Waals surface area contributed by atoms with Crippen molar-refractivity contribution in [3.8, 4) is 0 Å². The topological polar surface area (TPSA) is 50.9 Å². The van der Waals surface area contributed by atoms with E-state index < -0.39 is 0 Å². The SMILES string of the molecule is CC(C)C1(CNc2ncc(N)cc2Br)CC1. The first-order chi connectivity index (χ1) is 7.53. The fourth-order valence-corrected chi connectivity index (χ4v) is 2.47. The molecule has 0 bridgehead atoms. The molecule has 0 saturated heterocycles. The number of nitrogen functional groups attached to an aromatic ring is 1. The summed E-state index contributed by atoms with van der Waals surface area (Å²) >= 11 is 3.47. The molecule has 3 N–H and O–H groups in total. The number of anilines is 2. The molecule has 16 heavy (non-hydrogen) atoms. The first-order valence-corrected chi connectivity index (χ1v) is 6.48. The van der Waals surface area contributed by atoms with Crippen LogP contribution in [0, 0.1) is 11.3 Å². The second-order valence-electron chi connectivity index (χ2n) is 4.97. The molecule has 3 nitrogen and oxygen atoms in total. The quantitative estimate of drug-likeness (QED) is 0.892. The van der Waals surface area contributed by atoms with Crippen LogP contribution in [0.3, 0.4) is 0 Å². The Kier molecular flexibility index (Phi) is 3.10. The molecule has 1 aliphatic carbocycles. The second kappa shape index (κ2) is 4.24. The molecule has 0 spiro atoms. The highest BCUT2D eigenvalue weighted by Crippen LogP contribution is 2.51. The molecule has 0 aliphatic heterocycles. The molecule has 0 aromatic carbocycles. The predicted molar refractivity (Wildman–Crippen MR) is 71.3 cm³/mol. The Bertz CT molecular complexity index is 386. The Labute approximate surface area is 105 Å². The van der Waals surface area contributed by atoms with Gasteiger partial charge in [0.15, 0.2) is 0 Å². The Morgan fingerprint density at radius 1 is 1.56 bits per heavy atom. The van der Waals surface area contributed by atoms with Crippen LogP contribution in [0.15, 0.2) is 16.7 Å². The molecule has 88 valence electrons. The van der Waals surface area contributed by atoms with Crippen molar-refractivity contribution in [1.29, 1.82) is 0 Å². The summed E-state index contributed by atoms with van der Waals surface area (Å²) in [7, 11) is 0.